The fraction of sp³-hybridized carbons (Fsp3) is 0.348. The van der Waals surface area contributed by atoms with E-state index in [0.717, 1.165) is 23.5 Å². The van der Waals surface area contributed by atoms with Crippen molar-refractivity contribution >= 4 is 50.6 Å². The zero-order valence-corrected chi connectivity index (χ0v) is 19.8. The Kier molecular flexibility index (Phi) is 5.94. The molecule has 5 rings (SSSR count). The average Bonchev–Trinajstić information content (AvgIpc) is 3.17. The highest BCUT2D eigenvalue weighted by molar-refractivity contribution is 9.10. The number of amidine groups is 1. The molecule has 0 amide bonds. The molecule has 1 saturated carbocycles. The number of nitrogens with one attached hydrogen (secondary N) is 2. The van der Waals surface area contributed by atoms with Crippen LogP contribution in [0.2, 0.25) is 0 Å². The Hall–Kier alpha value is -2.39. The Morgan fingerprint density at radius 1 is 1.31 bits per heavy atom. The number of thioether (sulfide) groups is 1. The van der Waals surface area contributed by atoms with Crippen LogP contribution in [-0.2, 0) is 0 Å². The summed E-state index contributed by atoms with van der Waals surface area (Å²) in [6.45, 7) is 0.749. The molecule has 1 aromatic rings. The highest BCUT2D eigenvalue weighted by Crippen LogP contribution is 2.51. The van der Waals surface area contributed by atoms with Gasteiger partial charge in [0.2, 0.25) is 0 Å². The van der Waals surface area contributed by atoms with E-state index in [2.05, 4.69) is 31.6 Å². The number of halogens is 2. The van der Waals surface area contributed by atoms with E-state index in [1.807, 2.05) is 18.4 Å². The topological polar surface area (TPSA) is 87.2 Å². The predicted molar refractivity (Wildman–Crippen MR) is 134 cm³/mol. The number of hydrogen-bond donors (Lipinski definition) is 3. The normalized spacial score (nSPS) is 25.1. The highest BCUT2D eigenvalue weighted by atomic mass is 79.9. The molecular weight excluding hydrogens is 491 g/mol. The van der Waals surface area contributed by atoms with E-state index in [1.165, 1.54) is 49.9 Å². The van der Waals surface area contributed by atoms with Crippen molar-refractivity contribution in [3.63, 3.8) is 0 Å². The molecule has 2 heterocycles. The second kappa shape index (κ2) is 8.86. The van der Waals surface area contributed by atoms with E-state index < -0.39 is 4.87 Å². The van der Waals surface area contributed by atoms with Crippen LogP contribution in [0, 0.1) is 11.7 Å². The molecule has 2 aliphatic heterocycles. The van der Waals surface area contributed by atoms with Crippen LogP contribution in [0.1, 0.15) is 32.1 Å². The van der Waals surface area contributed by atoms with Gasteiger partial charge in [0, 0.05) is 28.5 Å². The van der Waals surface area contributed by atoms with Crippen molar-refractivity contribution in [3.05, 3.63) is 63.8 Å². The van der Waals surface area contributed by atoms with Gasteiger partial charge in [0.15, 0.2) is 10.7 Å². The van der Waals surface area contributed by atoms with Crippen LogP contribution < -0.4 is 16.4 Å². The van der Waals surface area contributed by atoms with Crippen molar-refractivity contribution in [1.29, 1.82) is 0 Å². The van der Waals surface area contributed by atoms with Crippen LogP contribution in [0.4, 0.5) is 10.1 Å². The maximum absolute atomic E-state index is 14.4. The Morgan fingerprint density at radius 3 is 2.97 bits per heavy atom. The van der Waals surface area contributed by atoms with Crippen molar-refractivity contribution in [1.82, 2.24) is 5.32 Å². The molecular formula is C23H24BrFN6S. The summed E-state index contributed by atoms with van der Waals surface area (Å²) in [5.41, 5.74) is 9.14. The first-order valence-electron chi connectivity index (χ1n) is 10.8. The minimum atomic E-state index is -0.686. The van der Waals surface area contributed by atoms with Crippen LogP contribution >= 0.6 is 27.7 Å². The quantitative estimate of drug-likeness (QED) is 0.377. The van der Waals surface area contributed by atoms with Crippen LogP contribution in [-0.4, -0.2) is 28.6 Å². The number of hydrogen-bond acceptors (Lipinski definition) is 6. The van der Waals surface area contributed by atoms with Gasteiger partial charge in [0.05, 0.1) is 17.7 Å². The van der Waals surface area contributed by atoms with Gasteiger partial charge in [0.1, 0.15) is 10.9 Å². The number of allylic oxidation sites excluding steroid dienone is 1. The molecule has 4 aliphatic rings. The third-order valence-corrected chi connectivity index (χ3v) is 7.87. The molecule has 1 aromatic carbocycles. The Morgan fingerprint density at radius 2 is 2.16 bits per heavy atom. The second-order valence-corrected chi connectivity index (χ2v) is 10.4. The predicted octanol–water partition coefficient (Wildman–Crippen LogP) is 5.08. The van der Waals surface area contributed by atoms with Gasteiger partial charge in [-0.2, -0.15) is 0 Å². The molecule has 0 aromatic heterocycles. The second-order valence-electron chi connectivity index (χ2n) is 8.30. The first kappa shape index (κ1) is 21.5. The molecule has 1 atom stereocenters. The van der Waals surface area contributed by atoms with E-state index in [-0.39, 0.29) is 5.82 Å². The van der Waals surface area contributed by atoms with Crippen molar-refractivity contribution in [2.24, 2.45) is 26.6 Å². The first-order chi connectivity index (χ1) is 15.5. The third kappa shape index (κ3) is 4.15. The van der Waals surface area contributed by atoms with Gasteiger partial charge >= 0.3 is 0 Å². The number of nitrogens with zero attached hydrogens (tertiary/aromatic N) is 3. The van der Waals surface area contributed by atoms with Gasteiger partial charge in [0.25, 0.3) is 0 Å². The average molecular weight is 515 g/mol. The molecule has 32 heavy (non-hydrogen) atoms. The van der Waals surface area contributed by atoms with E-state index in [9.17, 15) is 4.39 Å². The van der Waals surface area contributed by atoms with Gasteiger partial charge in [-0.3, -0.25) is 4.99 Å². The zero-order valence-electron chi connectivity index (χ0n) is 17.4. The third-order valence-electron chi connectivity index (χ3n) is 6.04. The molecule has 1 spiro atoms. The zero-order chi connectivity index (χ0) is 22.1. The largest absolute Gasteiger partial charge is 0.382 e. The molecule has 9 heteroatoms. The lowest BCUT2D eigenvalue weighted by Gasteiger charge is -2.31. The number of aliphatic imine (C=N–C) groups is 3. The molecule has 2 aliphatic carbocycles. The maximum atomic E-state index is 14.4. The molecule has 6 nitrogen and oxygen atoms in total. The lowest BCUT2D eigenvalue weighted by molar-refractivity contribution is 0.367. The summed E-state index contributed by atoms with van der Waals surface area (Å²) in [6, 6.07) is 4.92. The van der Waals surface area contributed by atoms with Gasteiger partial charge in [-0.1, -0.05) is 47.0 Å². The smallest absolute Gasteiger partial charge is 0.182 e. The van der Waals surface area contributed by atoms with Gasteiger partial charge in [-0.25, -0.2) is 14.4 Å². The summed E-state index contributed by atoms with van der Waals surface area (Å²) < 4.78 is 15.0. The molecule has 0 saturated heterocycles. The summed E-state index contributed by atoms with van der Waals surface area (Å²) in [6.07, 6.45) is 13.7. The molecule has 0 bridgehead atoms. The summed E-state index contributed by atoms with van der Waals surface area (Å²) in [5.74, 6) is 0.736. The van der Waals surface area contributed by atoms with Gasteiger partial charge < -0.3 is 16.4 Å². The Labute approximate surface area is 199 Å². The first-order valence-corrected chi connectivity index (χ1v) is 12.4. The molecule has 166 valence electrons. The number of anilines is 1. The lowest BCUT2D eigenvalue weighted by Crippen LogP contribution is -2.33. The van der Waals surface area contributed by atoms with Crippen LogP contribution in [0.25, 0.3) is 0 Å². The minimum absolute atomic E-state index is 0.339. The Bertz CT molecular complexity index is 1120. The van der Waals surface area contributed by atoms with Gasteiger partial charge in [-0.05, 0) is 49.1 Å². The van der Waals surface area contributed by atoms with Crippen molar-refractivity contribution in [3.8, 4) is 0 Å². The molecule has 1 unspecified atom stereocenters. The number of nitrogens with two attached hydrogens (primary N) is 1. The summed E-state index contributed by atoms with van der Waals surface area (Å²) in [7, 11) is 0. The molecule has 4 N–H and O–H groups in total. The van der Waals surface area contributed by atoms with Crippen LogP contribution in [0.3, 0.4) is 0 Å². The summed E-state index contributed by atoms with van der Waals surface area (Å²) in [5, 5.41) is 6.89. The highest BCUT2D eigenvalue weighted by Gasteiger charge is 2.47. The van der Waals surface area contributed by atoms with Crippen LogP contribution in [0.5, 0.6) is 0 Å². The number of benzene rings is 1. The standard InChI is InChI=1S/C23H24BrFN6S/c24-16-6-7-19(18(25)9-16)30-17-8-15-12-27-13-29-23(15)20(10-17)31-22(32-23)21(26)28-11-14-4-2-1-3-5-14/h6-10,12-14,30H,1-5,11H2,(H2,26,28)(H,27,29). The summed E-state index contributed by atoms with van der Waals surface area (Å²) in [4.78, 5) is 13.5. The van der Waals surface area contributed by atoms with E-state index >= 15 is 0 Å². The monoisotopic (exact) mass is 514 g/mol. The minimum Gasteiger partial charge on any atom is -0.382 e. The van der Waals surface area contributed by atoms with E-state index in [4.69, 9.17) is 15.7 Å². The molecule has 0 radical (unpaired) electrons. The van der Waals surface area contributed by atoms with Gasteiger partial charge in [-0.15, -0.1) is 0 Å². The van der Waals surface area contributed by atoms with Crippen LogP contribution in [0.15, 0.2) is 73.0 Å². The van der Waals surface area contributed by atoms with E-state index in [0.29, 0.717) is 27.0 Å². The lowest BCUT2D eigenvalue weighted by atomic mass is 9.89. The fourth-order valence-corrected chi connectivity index (χ4v) is 5.82. The summed E-state index contributed by atoms with van der Waals surface area (Å²) >= 11 is 4.79. The van der Waals surface area contributed by atoms with E-state index in [1.54, 1.807) is 18.5 Å². The molecule has 1 fully saturated rings. The fourth-order valence-electron chi connectivity index (χ4n) is 4.35. The maximum Gasteiger partial charge on any atom is 0.182 e. The number of rotatable bonds is 5. The SMILES string of the molecule is NC(=NCC1CCCCC1)C1=NC2=CC(Nc3ccc(Br)cc3F)=CC3=CNC=NC32S1. The van der Waals surface area contributed by atoms with Crippen molar-refractivity contribution in [2.75, 3.05) is 11.9 Å². The van der Waals surface area contributed by atoms with Crippen molar-refractivity contribution < 1.29 is 4.39 Å². The van der Waals surface area contributed by atoms with Crippen molar-refractivity contribution in [2.45, 2.75) is 37.0 Å². The Balaban J connectivity index is 1.41.